The third-order valence-corrected chi connectivity index (χ3v) is 6.02. The Kier molecular flexibility index (Phi) is 10.6. The summed E-state index contributed by atoms with van der Waals surface area (Å²) in [5.41, 5.74) is 5.23. The number of ether oxygens (including phenoxy) is 1. The van der Waals surface area contributed by atoms with Crippen LogP contribution in [0.15, 0.2) is 65.1 Å². The molecule has 1 heterocycles. The number of methoxy groups -OCH3 is 1. The van der Waals surface area contributed by atoms with Crippen molar-refractivity contribution in [3.8, 4) is 0 Å². The lowest BCUT2D eigenvalue weighted by molar-refractivity contribution is -0.117. The molecule has 0 radical (unpaired) electrons. The molecule has 6 heteroatoms. The Morgan fingerprint density at radius 2 is 2.09 bits per heavy atom. The van der Waals surface area contributed by atoms with Crippen LogP contribution in [0, 0.1) is 12.8 Å². The molecule has 1 aliphatic carbocycles. The first kappa shape index (κ1) is 28.2. The number of allylic oxidation sites excluding steroid dienone is 4. The van der Waals surface area contributed by atoms with Gasteiger partial charge in [0.05, 0.1) is 19.1 Å². The summed E-state index contributed by atoms with van der Waals surface area (Å²) in [6.07, 6.45) is 10.6. The van der Waals surface area contributed by atoms with E-state index >= 15 is 0 Å². The molecule has 35 heavy (non-hydrogen) atoms. The van der Waals surface area contributed by atoms with Gasteiger partial charge in [0.15, 0.2) is 0 Å². The molecule has 1 amide bonds. The van der Waals surface area contributed by atoms with Crippen molar-refractivity contribution < 1.29 is 19.0 Å². The summed E-state index contributed by atoms with van der Waals surface area (Å²) in [4.78, 5) is 16.5. The average molecular weight is 483 g/mol. The van der Waals surface area contributed by atoms with Crippen LogP contribution in [0.1, 0.15) is 64.5 Å². The van der Waals surface area contributed by atoms with E-state index in [2.05, 4.69) is 16.9 Å². The fraction of sp³-hybridized carbons (Fsp3) is 0.448. The van der Waals surface area contributed by atoms with Crippen LogP contribution < -0.4 is 5.32 Å². The van der Waals surface area contributed by atoms with Gasteiger partial charge in [-0.15, -0.1) is 0 Å². The van der Waals surface area contributed by atoms with Gasteiger partial charge in [0.25, 0.3) is 0 Å². The van der Waals surface area contributed by atoms with Crippen molar-refractivity contribution in [1.82, 2.24) is 4.98 Å². The molecule has 0 bridgehead atoms. The maximum atomic E-state index is 13.2. The Hall–Kier alpha value is -2.99. The van der Waals surface area contributed by atoms with Crippen LogP contribution in [-0.2, 0) is 9.53 Å². The molecule has 1 saturated carbocycles. The van der Waals surface area contributed by atoms with E-state index in [9.17, 15) is 14.3 Å². The summed E-state index contributed by atoms with van der Waals surface area (Å²) in [7, 11) is 1.64. The summed E-state index contributed by atoms with van der Waals surface area (Å²) in [6.45, 7) is 14.0. The summed E-state index contributed by atoms with van der Waals surface area (Å²) < 4.78 is 18.9. The van der Waals surface area contributed by atoms with E-state index in [0.29, 0.717) is 17.8 Å². The number of nitrogens with one attached hydrogen (secondary N) is 1. The van der Waals surface area contributed by atoms with E-state index in [4.69, 9.17) is 4.74 Å². The summed E-state index contributed by atoms with van der Waals surface area (Å²) in [5.74, 6) is 0.241. The Morgan fingerprint density at radius 1 is 1.40 bits per heavy atom. The second kappa shape index (κ2) is 13.2. The maximum absolute atomic E-state index is 13.2. The van der Waals surface area contributed by atoms with Gasteiger partial charge in [-0.2, -0.15) is 0 Å². The first-order valence-electron chi connectivity index (χ1n) is 12.3. The molecule has 190 valence electrons. The fourth-order valence-corrected chi connectivity index (χ4v) is 3.87. The molecule has 3 unspecified atom stereocenters. The monoisotopic (exact) mass is 482 g/mol. The molecule has 1 aliphatic rings. The van der Waals surface area contributed by atoms with Gasteiger partial charge in [0, 0.05) is 11.8 Å². The number of carbonyl (C=O) groups is 1. The van der Waals surface area contributed by atoms with E-state index in [1.54, 1.807) is 19.4 Å². The SMILES string of the molecule is C=C(\C=C(C)/C(=C\C)C(=C/c1cnc(NC(=O)C2CC2F)cc1C)/C(=C/CC)OC)C(O)CCC. The van der Waals surface area contributed by atoms with Gasteiger partial charge >= 0.3 is 0 Å². The number of hydrogen-bond donors (Lipinski definition) is 2. The molecule has 2 rings (SSSR count). The van der Waals surface area contributed by atoms with Crippen molar-refractivity contribution in [2.24, 2.45) is 5.92 Å². The minimum absolute atomic E-state index is 0.277. The van der Waals surface area contributed by atoms with E-state index in [1.165, 1.54) is 0 Å². The second-order valence-corrected chi connectivity index (χ2v) is 8.92. The number of aromatic nitrogens is 1. The van der Waals surface area contributed by atoms with Crippen molar-refractivity contribution in [1.29, 1.82) is 0 Å². The number of aliphatic hydroxyl groups excluding tert-OH is 1. The molecule has 0 aromatic carbocycles. The third kappa shape index (κ3) is 7.76. The van der Waals surface area contributed by atoms with Gasteiger partial charge in [0.2, 0.25) is 5.91 Å². The molecule has 1 aromatic rings. The van der Waals surface area contributed by atoms with Crippen LogP contribution in [-0.4, -0.2) is 35.4 Å². The van der Waals surface area contributed by atoms with Gasteiger partial charge in [0.1, 0.15) is 17.7 Å². The van der Waals surface area contributed by atoms with Crippen LogP contribution in [0.2, 0.25) is 0 Å². The van der Waals surface area contributed by atoms with Crippen molar-refractivity contribution in [2.45, 2.75) is 72.6 Å². The highest BCUT2D eigenvalue weighted by molar-refractivity contribution is 5.94. The van der Waals surface area contributed by atoms with Gasteiger partial charge in [-0.3, -0.25) is 4.79 Å². The Balaban J connectivity index is 2.44. The first-order chi connectivity index (χ1) is 16.7. The molecule has 0 spiro atoms. The molecule has 3 atom stereocenters. The Bertz CT molecular complexity index is 1050. The predicted octanol–water partition coefficient (Wildman–Crippen LogP) is 6.62. The molecule has 0 aliphatic heterocycles. The number of amides is 1. The number of rotatable bonds is 12. The zero-order valence-corrected chi connectivity index (χ0v) is 21.8. The van der Waals surface area contributed by atoms with Crippen molar-refractivity contribution >= 4 is 17.8 Å². The van der Waals surface area contributed by atoms with Gasteiger partial charge in [-0.05, 0) is 86.1 Å². The summed E-state index contributed by atoms with van der Waals surface area (Å²) >= 11 is 0. The zero-order valence-electron chi connectivity index (χ0n) is 21.8. The lowest BCUT2D eigenvalue weighted by Crippen LogP contribution is -2.16. The van der Waals surface area contributed by atoms with Crippen LogP contribution >= 0.6 is 0 Å². The molecular formula is C29H39FN2O3. The number of anilines is 1. The second-order valence-electron chi connectivity index (χ2n) is 8.92. The standard InChI is InChI=1S/C29H39FN2O3/c1-8-11-26(33)20(6)13-19(5)22(10-3)23(27(35-7)12-9-2)15-21-17-31-28(14-18(21)4)32-29(34)24-16-25(24)30/h10,12-15,17,24-26,33H,6,8-9,11,16H2,1-5,7H3,(H,31,32,34)/b19-13-,22-10+,23-15-,27-12-. The molecule has 5 nitrogen and oxygen atoms in total. The van der Waals surface area contributed by atoms with Crippen molar-refractivity contribution in [3.05, 3.63) is 76.2 Å². The highest BCUT2D eigenvalue weighted by Crippen LogP contribution is 2.35. The van der Waals surface area contributed by atoms with Gasteiger partial charge in [-0.25, -0.2) is 9.37 Å². The number of aryl methyl sites for hydroxylation is 1. The van der Waals surface area contributed by atoms with E-state index < -0.39 is 18.2 Å². The zero-order chi connectivity index (χ0) is 26.1. The largest absolute Gasteiger partial charge is 0.496 e. The highest BCUT2D eigenvalue weighted by atomic mass is 19.1. The van der Waals surface area contributed by atoms with Gasteiger partial charge < -0.3 is 15.2 Å². The van der Waals surface area contributed by atoms with Crippen LogP contribution in [0.4, 0.5) is 10.2 Å². The number of hydrogen-bond acceptors (Lipinski definition) is 4. The number of pyridine rings is 1. The minimum atomic E-state index is -1.05. The normalized spacial score (nSPS) is 19.9. The summed E-state index contributed by atoms with van der Waals surface area (Å²) in [6, 6.07) is 1.79. The molecule has 2 N–H and O–H groups in total. The van der Waals surface area contributed by atoms with E-state index in [0.717, 1.165) is 46.4 Å². The number of alkyl halides is 1. The first-order valence-corrected chi connectivity index (χ1v) is 12.3. The lowest BCUT2D eigenvalue weighted by atomic mass is 9.92. The molecule has 1 fully saturated rings. The van der Waals surface area contributed by atoms with Crippen LogP contribution in [0.3, 0.4) is 0 Å². The minimum Gasteiger partial charge on any atom is -0.496 e. The molecule has 0 saturated heterocycles. The van der Waals surface area contributed by atoms with Crippen molar-refractivity contribution in [2.75, 3.05) is 12.4 Å². The van der Waals surface area contributed by atoms with E-state index in [1.807, 2.05) is 58.9 Å². The lowest BCUT2D eigenvalue weighted by Gasteiger charge is -2.18. The average Bonchev–Trinajstić information content (AvgIpc) is 3.55. The Morgan fingerprint density at radius 3 is 2.60 bits per heavy atom. The van der Waals surface area contributed by atoms with E-state index in [-0.39, 0.29) is 12.3 Å². The van der Waals surface area contributed by atoms with Gasteiger partial charge in [-0.1, -0.05) is 39.0 Å². The topological polar surface area (TPSA) is 71.5 Å². The predicted molar refractivity (Wildman–Crippen MR) is 142 cm³/mol. The Labute approximate surface area is 209 Å². The highest BCUT2D eigenvalue weighted by Gasteiger charge is 2.43. The maximum Gasteiger partial charge on any atom is 0.231 e. The van der Waals surface area contributed by atoms with Crippen LogP contribution in [0.5, 0.6) is 0 Å². The molecule has 1 aromatic heterocycles. The summed E-state index contributed by atoms with van der Waals surface area (Å²) in [5, 5.41) is 13.0. The van der Waals surface area contributed by atoms with Crippen LogP contribution in [0.25, 0.3) is 6.08 Å². The number of carbonyl (C=O) groups excluding carboxylic acids is 1. The number of nitrogens with zero attached hydrogens (tertiary/aromatic N) is 1. The quantitative estimate of drug-likeness (QED) is 0.259. The molecular weight excluding hydrogens is 443 g/mol. The smallest absolute Gasteiger partial charge is 0.231 e. The number of aliphatic hydroxyl groups is 1. The third-order valence-electron chi connectivity index (χ3n) is 6.02. The van der Waals surface area contributed by atoms with Crippen molar-refractivity contribution in [3.63, 3.8) is 0 Å². The number of halogens is 1. The fourth-order valence-electron chi connectivity index (χ4n) is 3.87.